The molecule has 0 radical (unpaired) electrons. The van der Waals surface area contributed by atoms with E-state index in [2.05, 4.69) is 44.6 Å². The Morgan fingerprint density at radius 2 is 1.47 bits per heavy atom. The van der Waals surface area contributed by atoms with Crippen molar-refractivity contribution in [2.45, 2.75) is 70.3 Å². The highest BCUT2D eigenvalue weighted by Gasteiger charge is 2.44. The Bertz CT molecular complexity index is 1800. The van der Waals surface area contributed by atoms with Gasteiger partial charge < -0.3 is 24.6 Å². The second kappa shape index (κ2) is 15.8. The van der Waals surface area contributed by atoms with Crippen LogP contribution in [0.2, 0.25) is 39.3 Å². The number of imide groups is 1. The van der Waals surface area contributed by atoms with E-state index in [0.717, 1.165) is 11.1 Å². The predicted octanol–water partition coefficient (Wildman–Crippen LogP) is 9.62. The number of hydrogen-bond donors (Lipinski definition) is 2. The lowest BCUT2D eigenvalue weighted by molar-refractivity contribution is -0.134. The first-order valence-electron chi connectivity index (χ1n) is 17.2. The normalized spacial score (nSPS) is 16.7. The van der Waals surface area contributed by atoms with E-state index in [-0.39, 0.29) is 18.8 Å². The quantitative estimate of drug-likeness (QED) is 0.0984. The topological polar surface area (TPSA) is 103 Å². The Balaban J connectivity index is 1.61. The molecule has 3 N–H and O–H groups in total. The third-order valence-electron chi connectivity index (χ3n) is 8.47. The van der Waals surface area contributed by atoms with Crippen molar-refractivity contribution in [2.24, 2.45) is 5.92 Å². The number of nitrogens with two attached hydrogens (primary N) is 1. The monoisotopic (exact) mass is 731 g/mol. The lowest BCUT2D eigenvalue weighted by Crippen LogP contribution is -2.42. The molecule has 1 heterocycles. The summed E-state index contributed by atoms with van der Waals surface area (Å²) in [4.78, 5) is 29.6. The van der Waals surface area contributed by atoms with Crippen molar-refractivity contribution in [3.63, 3.8) is 0 Å². The molecule has 12 heteroatoms. The van der Waals surface area contributed by atoms with Gasteiger partial charge in [0, 0.05) is 5.69 Å². The Kier molecular flexibility index (Phi) is 11.7. The van der Waals surface area contributed by atoms with Crippen LogP contribution in [0.4, 0.5) is 25.0 Å². The van der Waals surface area contributed by atoms with Crippen LogP contribution < -0.4 is 15.5 Å². The van der Waals surface area contributed by atoms with Gasteiger partial charge in [0.25, 0.3) is 0 Å². The summed E-state index contributed by atoms with van der Waals surface area (Å²) in [5.41, 5.74) is 9.78. The second-order valence-corrected chi connectivity index (χ2v) is 23.7. The minimum Gasteiger partial charge on any atom is -0.543 e. The third kappa shape index (κ3) is 10.1. The summed E-state index contributed by atoms with van der Waals surface area (Å²) < 4.78 is 46.4. The van der Waals surface area contributed by atoms with Crippen LogP contribution in [-0.4, -0.2) is 40.1 Å². The molecule has 4 aromatic carbocycles. The third-order valence-corrected chi connectivity index (χ3v) is 10.3. The van der Waals surface area contributed by atoms with Gasteiger partial charge in [0.2, 0.25) is 14.2 Å². The maximum absolute atomic E-state index is 15.0. The van der Waals surface area contributed by atoms with Crippen LogP contribution in [0.3, 0.4) is 0 Å². The molecule has 0 saturated carbocycles. The molecule has 5 rings (SSSR count). The molecule has 1 fully saturated rings. The van der Waals surface area contributed by atoms with E-state index in [1.807, 2.05) is 36.4 Å². The van der Waals surface area contributed by atoms with Crippen LogP contribution in [0.5, 0.6) is 5.75 Å². The fourth-order valence-corrected chi connectivity index (χ4v) is 8.20. The summed E-state index contributed by atoms with van der Waals surface area (Å²) in [6.45, 7) is 12.4. The van der Waals surface area contributed by atoms with E-state index in [9.17, 15) is 13.6 Å². The molecule has 0 spiro atoms. The van der Waals surface area contributed by atoms with Crippen LogP contribution in [0, 0.1) is 17.6 Å². The van der Waals surface area contributed by atoms with E-state index in [0.29, 0.717) is 29.1 Å². The zero-order valence-corrected chi connectivity index (χ0v) is 32.0. The number of ether oxygens (including phenoxy) is 1. The molecule has 1 aliphatic rings. The smallest absolute Gasteiger partial charge is 0.417 e. The minimum atomic E-state index is -2.14. The zero-order chi connectivity index (χ0) is 36.9. The van der Waals surface area contributed by atoms with Crippen LogP contribution in [0.15, 0.2) is 97.1 Å². The number of nitrogen functional groups attached to an aromatic ring is 1. The average molecular weight is 732 g/mol. The molecular formula is C39H47F2N3O5Si2. The van der Waals surface area contributed by atoms with Crippen LogP contribution in [-0.2, 0) is 14.0 Å². The molecule has 8 nitrogen and oxygen atoms in total. The first kappa shape index (κ1) is 37.7. The molecule has 0 aromatic heterocycles. The maximum atomic E-state index is 15.0. The van der Waals surface area contributed by atoms with Crippen molar-refractivity contribution in [1.29, 1.82) is 0 Å². The molecule has 0 aliphatic carbocycles. The fraction of sp³-hybridized carbons (Fsp3) is 0.333. The summed E-state index contributed by atoms with van der Waals surface area (Å²) >= 11 is 0. The first-order valence-corrected chi connectivity index (χ1v) is 24.0. The van der Waals surface area contributed by atoms with Crippen molar-refractivity contribution >= 4 is 40.0 Å². The number of carbonyl (C=O) groups excluding carboxylic acids is 2. The number of cyclic esters (lactones) is 1. The highest BCUT2D eigenvalue weighted by atomic mass is 28.4. The predicted molar refractivity (Wildman–Crippen MR) is 201 cm³/mol. The number of halogens is 2. The number of anilines is 2. The summed E-state index contributed by atoms with van der Waals surface area (Å²) in [5.74, 6) is -1.53. The van der Waals surface area contributed by atoms with Gasteiger partial charge in [-0.3, -0.25) is 4.79 Å². The maximum Gasteiger partial charge on any atom is 0.417 e. The molecule has 270 valence electrons. The van der Waals surface area contributed by atoms with E-state index in [4.69, 9.17) is 19.3 Å². The van der Waals surface area contributed by atoms with Gasteiger partial charge in [-0.05, 0) is 117 Å². The minimum absolute atomic E-state index is 0.0178. The molecule has 51 heavy (non-hydrogen) atoms. The Labute approximate surface area is 301 Å². The number of rotatable bonds is 14. The number of nitrogens with one attached hydrogen (secondary N) is 1. The standard InChI is InChI=1S/C39H47F2N3O5Si2/c1-50(2,3)48-35(27-12-15-29(40)16-13-27)23-21-32(38(45)44-34(25-47-39(44)46)26-10-8-7-9-11-26)37(43-31-19-17-30(41)18-20-31)28-14-22-36(33(42)24-28)49-51(4,5)6/h7-20,22,24,32,34-35,37,43H,21,23,25,42H2,1-6H3/t32-,34-,35+,37-/m1/s1. The Morgan fingerprint density at radius 1 is 0.863 bits per heavy atom. The molecule has 0 unspecified atom stereocenters. The van der Waals surface area contributed by atoms with Crippen molar-refractivity contribution in [3.8, 4) is 5.75 Å². The van der Waals surface area contributed by atoms with Gasteiger partial charge in [0.15, 0.2) is 8.32 Å². The second-order valence-electron chi connectivity index (χ2n) is 14.8. The van der Waals surface area contributed by atoms with Gasteiger partial charge in [-0.2, -0.15) is 0 Å². The van der Waals surface area contributed by atoms with E-state index < -0.39 is 58.6 Å². The zero-order valence-electron chi connectivity index (χ0n) is 30.0. The lowest BCUT2D eigenvalue weighted by Gasteiger charge is -2.34. The SMILES string of the molecule is C[Si](C)(C)Oc1ccc([C@@H](Nc2ccc(F)cc2)[C@@H](CC[C@H](O[Si](C)(C)C)c2ccc(F)cc2)C(=O)N2C(=O)OC[C@@H]2c2ccccc2)cc1N. The molecule has 1 saturated heterocycles. The molecule has 4 aromatic rings. The Morgan fingerprint density at radius 3 is 2.06 bits per heavy atom. The molecule has 1 aliphatic heterocycles. The first-order chi connectivity index (χ1) is 24.1. The number of amides is 2. The summed E-state index contributed by atoms with van der Waals surface area (Å²) in [5, 5.41) is 3.47. The highest BCUT2D eigenvalue weighted by molar-refractivity contribution is 6.70. The van der Waals surface area contributed by atoms with Crippen molar-refractivity contribution in [2.75, 3.05) is 17.7 Å². The van der Waals surface area contributed by atoms with E-state index >= 15 is 4.79 Å². The number of carbonyl (C=O) groups is 2. The number of benzene rings is 4. The van der Waals surface area contributed by atoms with E-state index in [1.165, 1.54) is 29.2 Å². The molecule has 4 atom stereocenters. The van der Waals surface area contributed by atoms with Gasteiger partial charge in [-0.1, -0.05) is 48.5 Å². The fourth-order valence-electron chi connectivity index (χ4n) is 6.25. The number of nitrogens with zero attached hydrogens (tertiary/aromatic N) is 1. The summed E-state index contributed by atoms with van der Waals surface area (Å²) in [6.07, 6.45) is -0.555. The Hall–Kier alpha value is -4.53. The van der Waals surface area contributed by atoms with Gasteiger partial charge in [-0.15, -0.1) is 0 Å². The van der Waals surface area contributed by atoms with Crippen LogP contribution in [0.1, 0.15) is 47.7 Å². The van der Waals surface area contributed by atoms with Crippen molar-refractivity contribution < 1.29 is 32.0 Å². The molecular weight excluding hydrogens is 685 g/mol. The van der Waals surface area contributed by atoms with Crippen molar-refractivity contribution in [1.82, 2.24) is 4.90 Å². The molecule has 2 amide bonds. The largest absolute Gasteiger partial charge is 0.543 e. The van der Waals surface area contributed by atoms with E-state index in [1.54, 1.807) is 36.4 Å². The van der Waals surface area contributed by atoms with Crippen molar-refractivity contribution in [3.05, 3.63) is 125 Å². The highest BCUT2D eigenvalue weighted by Crippen LogP contribution is 2.40. The van der Waals surface area contributed by atoms with Gasteiger partial charge in [0.05, 0.1) is 23.8 Å². The van der Waals surface area contributed by atoms with Gasteiger partial charge in [-0.25, -0.2) is 18.5 Å². The number of hydrogen-bond acceptors (Lipinski definition) is 7. The van der Waals surface area contributed by atoms with Gasteiger partial charge in [0.1, 0.15) is 30.0 Å². The van der Waals surface area contributed by atoms with Crippen LogP contribution >= 0.6 is 0 Å². The lowest BCUT2D eigenvalue weighted by atomic mass is 9.85. The van der Waals surface area contributed by atoms with Crippen LogP contribution in [0.25, 0.3) is 0 Å². The summed E-state index contributed by atoms with van der Waals surface area (Å²) in [7, 11) is -4.14. The average Bonchev–Trinajstić information content (AvgIpc) is 3.46. The molecule has 0 bridgehead atoms. The van der Waals surface area contributed by atoms with Gasteiger partial charge >= 0.3 is 6.09 Å². The summed E-state index contributed by atoms with van der Waals surface area (Å²) in [6, 6.07) is 25.4.